The molecule has 0 radical (unpaired) electrons. The molecule has 112 valence electrons. The van der Waals surface area contributed by atoms with E-state index in [0.717, 1.165) is 5.75 Å². The summed E-state index contributed by atoms with van der Waals surface area (Å²) in [5.41, 5.74) is 3.80. The summed E-state index contributed by atoms with van der Waals surface area (Å²) < 4.78 is 0. The maximum Gasteiger partial charge on any atom is 0.237 e. The van der Waals surface area contributed by atoms with Crippen LogP contribution in [0.25, 0.3) is 0 Å². The lowest BCUT2D eigenvalue weighted by molar-refractivity contribution is -0.115. The third-order valence-corrected chi connectivity index (χ3v) is 4.59. The van der Waals surface area contributed by atoms with Gasteiger partial charge in [-0.05, 0) is 49.2 Å². The zero-order chi connectivity index (χ0) is 15.9. The van der Waals surface area contributed by atoms with Crippen LogP contribution in [0.2, 0.25) is 0 Å². The van der Waals surface area contributed by atoms with Gasteiger partial charge in [0.05, 0.1) is 16.9 Å². The van der Waals surface area contributed by atoms with Gasteiger partial charge >= 0.3 is 0 Å². The highest BCUT2D eigenvalue weighted by atomic mass is 32.2. The Morgan fingerprint density at radius 1 is 1.23 bits per heavy atom. The van der Waals surface area contributed by atoms with Gasteiger partial charge in [0.25, 0.3) is 0 Å². The topological polar surface area (TPSA) is 52.9 Å². The summed E-state index contributed by atoms with van der Waals surface area (Å²) in [5, 5.41) is 11.5. The molecule has 2 rings (SSSR count). The van der Waals surface area contributed by atoms with Gasteiger partial charge in [0.1, 0.15) is 0 Å². The fraction of sp³-hybridized carbons (Fsp3) is 0.222. The molecule has 1 atom stereocenters. The molecule has 0 aliphatic carbocycles. The van der Waals surface area contributed by atoms with Crippen molar-refractivity contribution in [1.29, 1.82) is 5.26 Å². The first-order valence-corrected chi connectivity index (χ1v) is 8.12. The monoisotopic (exact) mass is 310 g/mol. The highest BCUT2D eigenvalue weighted by Crippen LogP contribution is 2.21. The lowest BCUT2D eigenvalue weighted by Crippen LogP contribution is -2.22. The second-order valence-electron chi connectivity index (χ2n) is 5.06. The van der Waals surface area contributed by atoms with E-state index in [1.54, 1.807) is 36.0 Å². The minimum Gasteiger partial charge on any atom is -0.325 e. The van der Waals surface area contributed by atoms with Gasteiger partial charge in [0, 0.05) is 11.4 Å². The summed E-state index contributed by atoms with van der Waals surface area (Å²) in [5.74, 6) is 0.789. The molecule has 0 saturated heterocycles. The van der Waals surface area contributed by atoms with Crippen molar-refractivity contribution in [1.82, 2.24) is 0 Å². The van der Waals surface area contributed by atoms with E-state index in [1.807, 2.05) is 19.1 Å². The van der Waals surface area contributed by atoms with Crippen molar-refractivity contribution in [2.45, 2.75) is 24.9 Å². The minimum absolute atomic E-state index is 0.0247. The summed E-state index contributed by atoms with van der Waals surface area (Å²) in [6.07, 6.45) is 0. The molecular formula is C18H18N2OS. The van der Waals surface area contributed by atoms with Crippen LogP contribution in [0.3, 0.4) is 0 Å². The molecule has 4 heteroatoms. The number of nitrogens with one attached hydrogen (secondary N) is 1. The Morgan fingerprint density at radius 3 is 2.55 bits per heavy atom. The summed E-state index contributed by atoms with van der Waals surface area (Å²) in [6.45, 7) is 3.99. The van der Waals surface area contributed by atoms with E-state index in [2.05, 4.69) is 30.4 Å². The molecule has 3 nitrogen and oxygen atoms in total. The molecule has 0 spiro atoms. The van der Waals surface area contributed by atoms with Gasteiger partial charge in [-0.2, -0.15) is 5.26 Å². The Hall–Kier alpha value is -2.25. The van der Waals surface area contributed by atoms with Gasteiger partial charge in [-0.25, -0.2) is 0 Å². The number of anilines is 1. The maximum atomic E-state index is 12.2. The molecule has 2 aromatic rings. The standard InChI is InChI=1S/C18H18N2OS/c1-13-5-3-4-6-16(13)12-22-14(2)18(21)20-17-9-7-15(11-19)8-10-17/h3-10,14H,12H2,1-2H3,(H,20,21)/t14-/m1/s1. The Kier molecular flexibility index (Phi) is 5.62. The molecule has 0 fully saturated rings. The molecular weight excluding hydrogens is 292 g/mol. The number of aryl methyl sites for hydroxylation is 1. The Balaban J connectivity index is 1.89. The van der Waals surface area contributed by atoms with E-state index in [1.165, 1.54) is 11.1 Å². The lowest BCUT2D eigenvalue weighted by atomic mass is 10.1. The van der Waals surface area contributed by atoms with Crippen LogP contribution >= 0.6 is 11.8 Å². The summed E-state index contributed by atoms with van der Waals surface area (Å²) in [4.78, 5) is 12.2. The molecule has 0 unspecified atom stereocenters. The lowest BCUT2D eigenvalue weighted by Gasteiger charge is -2.13. The van der Waals surface area contributed by atoms with Crippen LogP contribution in [0.15, 0.2) is 48.5 Å². The molecule has 0 aliphatic heterocycles. The average molecular weight is 310 g/mol. The van der Waals surface area contributed by atoms with Crippen molar-refractivity contribution < 1.29 is 4.79 Å². The number of hydrogen-bond donors (Lipinski definition) is 1. The second kappa shape index (κ2) is 7.67. The predicted octanol–water partition coefficient (Wildman–Crippen LogP) is 4.13. The largest absolute Gasteiger partial charge is 0.325 e. The maximum absolute atomic E-state index is 12.2. The van der Waals surface area contributed by atoms with Gasteiger partial charge in [-0.3, -0.25) is 4.79 Å². The first-order chi connectivity index (χ1) is 10.6. The first kappa shape index (κ1) is 16.1. The molecule has 0 heterocycles. The van der Waals surface area contributed by atoms with E-state index in [-0.39, 0.29) is 11.2 Å². The predicted molar refractivity (Wildman–Crippen MR) is 91.7 cm³/mol. The van der Waals surface area contributed by atoms with E-state index < -0.39 is 0 Å². The zero-order valence-corrected chi connectivity index (χ0v) is 13.5. The van der Waals surface area contributed by atoms with Crippen LogP contribution in [0.1, 0.15) is 23.6 Å². The first-order valence-electron chi connectivity index (χ1n) is 7.07. The van der Waals surface area contributed by atoms with E-state index in [0.29, 0.717) is 11.3 Å². The highest BCUT2D eigenvalue weighted by molar-refractivity contribution is 7.99. The van der Waals surface area contributed by atoms with Crippen LogP contribution in [0.5, 0.6) is 0 Å². The quantitative estimate of drug-likeness (QED) is 0.903. The fourth-order valence-corrected chi connectivity index (χ4v) is 2.90. The third kappa shape index (κ3) is 4.37. The van der Waals surface area contributed by atoms with Gasteiger partial charge in [0.15, 0.2) is 0 Å². The van der Waals surface area contributed by atoms with Crippen LogP contribution in [0, 0.1) is 18.3 Å². The van der Waals surface area contributed by atoms with Crippen molar-refractivity contribution in [2.75, 3.05) is 5.32 Å². The van der Waals surface area contributed by atoms with Crippen molar-refractivity contribution in [3.8, 4) is 6.07 Å². The van der Waals surface area contributed by atoms with Gasteiger partial charge in [0.2, 0.25) is 5.91 Å². The van der Waals surface area contributed by atoms with Crippen molar-refractivity contribution in [2.24, 2.45) is 0 Å². The van der Waals surface area contributed by atoms with Gasteiger partial charge < -0.3 is 5.32 Å². The molecule has 22 heavy (non-hydrogen) atoms. The summed E-state index contributed by atoms with van der Waals surface area (Å²) in [7, 11) is 0. The van der Waals surface area contributed by atoms with E-state index in [4.69, 9.17) is 5.26 Å². The molecule has 0 saturated carbocycles. The molecule has 2 aromatic carbocycles. The van der Waals surface area contributed by atoms with Crippen LogP contribution in [-0.2, 0) is 10.5 Å². The van der Waals surface area contributed by atoms with Crippen molar-refractivity contribution in [3.63, 3.8) is 0 Å². The molecule has 1 N–H and O–H groups in total. The van der Waals surface area contributed by atoms with Gasteiger partial charge in [-0.15, -0.1) is 11.8 Å². The molecule has 0 aromatic heterocycles. The summed E-state index contributed by atoms with van der Waals surface area (Å²) in [6, 6.07) is 17.1. The Morgan fingerprint density at radius 2 is 1.91 bits per heavy atom. The molecule has 0 aliphatic rings. The SMILES string of the molecule is Cc1ccccc1CS[C@H](C)C(=O)Nc1ccc(C#N)cc1. The van der Waals surface area contributed by atoms with Crippen LogP contribution < -0.4 is 5.32 Å². The normalized spacial score (nSPS) is 11.5. The average Bonchev–Trinajstić information content (AvgIpc) is 2.54. The number of benzene rings is 2. The van der Waals surface area contributed by atoms with Crippen molar-refractivity contribution >= 4 is 23.4 Å². The Labute approximate surface area is 135 Å². The smallest absolute Gasteiger partial charge is 0.237 e. The number of rotatable bonds is 5. The molecule has 0 bridgehead atoms. The number of carbonyl (C=O) groups excluding carboxylic acids is 1. The van der Waals surface area contributed by atoms with Crippen LogP contribution in [-0.4, -0.2) is 11.2 Å². The number of thioether (sulfide) groups is 1. The van der Waals surface area contributed by atoms with Crippen molar-refractivity contribution in [3.05, 3.63) is 65.2 Å². The van der Waals surface area contributed by atoms with E-state index in [9.17, 15) is 4.79 Å². The second-order valence-corrected chi connectivity index (χ2v) is 6.39. The van der Waals surface area contributed by atoms with E-state index >= 15 is 0 Å². The fourth-order valence-electron chi connectivity index (χ4n) is 1.93. The Bertz CT molecular complexity index is 689. The number of carbonyl (C=O) groups is 1. The van der Waals surface area contributed by atoms with Gasteiger partial charge in [-0.1, -0.05) is 24.3 Å². The number of nitriles is 1. The summed E-state index contributed by atoms with van der Waals surface area (Å²) >= 11 is 1.61. The number of amides is 1. The molecule has 1 amide bonds. The number of hydrogen-bond acceptors (Lipinski definition) is 3. The minimum atomic E-state index is -0.143. The van der Waals surface area contributed by atoms with Crippen LogP contribution in [0.4, 0.5) is 5.69 Å². The zero-order valence-electron chi connectivity index (χ0n) is 12.7. The third-order valence-electron chi connectivity index (χ3n) is 3.40. The number of nitrogens with zero attached hydrogens (tertiary/aromatic N) is 1. The highest BCUT2D eigenvalue weighted by Gasteiger charge is 2.14.